The quantitative estimate of drug-likeness (QED) is 0.759. The van der Waals surface area contributed by atoms with Crippen LogP contribution in [0.1, 0.15) is 23.1 Å². The van der Waals surface area contributed by atoms with Crippen LogP contribution in [0.5, 0.6) is 0 Å². The summed E-state index contributed by atoms with van der Waals surface area (Å²) in [5.41, 5.74) is 1.03. The van der Waals surface area contributed by atoms with Gasteiger partial charge in [-0.25, -0.2) is 9.97 Å². The lowest BCUT2D eigenvalue weighted by atomic mass is 9.96. The first-order valence-corrected chi connectivity index (χ1v) is 8.09. The van der Waals surface area contributed by atoms with Gasteiger partial charge in [-0.1, -0.05) is 0 Å². The zero-order chi connectivity index (χ0) is 17.9. The predicted octanol–water partition coefficient (Wildman–Crippen LogP) is -0.319. The monoisotopic (exact) mass is 338 g/mol. The van der Waals surface area contributed by atoms with Crippen molar-refractivity contribution in [2.45, 2.75) is 26.1 Å². The lowest BCUT2D eigenvalue weighted by Gasteiger charge is -2.35. The van der Waals surface area contributed by atoms with E-state index in [2.05, 4.69) is 9.97 Å². The van der Waals surface area contributed by atoms with Crippen LogP contribution < -0.4 is 4.90 Å². The number of aliphatic hydroxyl groups is 2. The second kappa shape index (κ2) is 7.87. The molecule has 1 aromatic heterocycles. The molecule has 1 saturated heterocycles. The third-order valence-corrected chi connectivity index (χ3v) is 4.08. The molecule has 2 heterocycles. The molecule has 0 aliphatic carbocycles. The lowest BCUT2D eigenvalue weighted by Crippen LogP contribution is -2.49. The number of rotatable bonds is 5. The van der Waals surface area contributed by atoms with Crippen LogP contribution in [0.4, 0.5) is 5.95 Å². The molecule has 0 aromatic carbocycles. The Hall–Kier alpha value is -1.77. The van der Waals surface area contributed by atoms with Crippen molar-refractivity contribution in [3.63, 3.8) is 0 Å². The molecule has 2 rings (SSSR count). The summed E-state index contributed by atoms with van der Waals surface area (Å²) in [6.45, 7) is 4.89. The maximum absolute atomic E-state index is 12.8. The summed E-state index contributed by atoms with van der Waals surface area (Å²) in [7, 11) is 3.63. The van der Waals surface area contributed by atoms with E-state index in [4.69, 9.17) is 4.74 Å². The fraction of sp³-hybridized carbons (Fsp3) is 0.688. The number of ether oxygens (including phenoxy) is 1. The van der Waals surface area contributed by atoms with Gasteiger partial charge >= 0.3 is 0 Å². The molecule has 2 N–H and O–H groups in total. The Morgan fingerprint density at radius 1 is 1.33 bits per heavy atom. The van der Waals surface area contributed by atoms with E-state index in [1.54, 1.807) is 15.9 Å². The Bertz CT molecular complexity index is 581. The van der Waals surface area contributed by atoms with Gasteiger partial charge in [0, 0.05) is 38.8 Å². The fourth-order valence-corrected chi connectivity index (χ4v) is 2.68. The average molecular weight is 338 g/mol. The molecule has 134 valence electrons. The van der Waals surface area contributed by atoms with Gasteiger partial charge in [0.2, 0.25) is 5.95 Å². The summed E-state index contributed by atoms with van der Waals surface area (Å²) in [6, 6.07) is 1.65. The largest absolute Gasteiger partial charge is 0.390 e. The van der Waals surface area contributed by atoms with E-state index in [0.717, 1.165) is 0 Å². The number of aliphatic hydroxyl groups excluding tert-OH is 2. The molecule has 0 saturated carbocycles. The average Bonchev–Trinajstić information content (AvgIpc) is 2.55. The van der Waals surface area contributed by atoms with Crippen molar-refractivity contribution in [1.82, 2.24) is 14.9 Å². The van der Waals surface area contributed by atoms with Gasteiger partial charge in [-0.05, 0) is 19.9 Å². The minimum absolute atomic E-state index is 0.120. The number of carbonyl (C=O) groups excluding carboxylic acids is 1. The molecule has 0 spiro atoms. The molecular weight excluding hydrogens is 312 g/mol. The molecule has 1 aromatic rings. The number of amides is 1. The third kappa shape index (κ3) is 4.19. The maximum atomic E-state index is 12.8. The lowest BCUT2D eigenvalue weighted by molar-refractivity contribution is -0.123. The van der Waals surface area contributed by atoms with E-state index in [0.29, 0.717) is 37.0 Å². The third-order valence-electron chi connectivity index (χ3n) is 4.08. The van der Waals surface area contributed by atoms with E-state index in [9.17, 15) is 15.0 Å². The highest BCUT2D eigenvalue weighted by atomic mass is 16.5. The van der Waals surface area contributed by atoms with Crippen molar-refractivity contribution in [2.24, 2.45) is 5.92 Å². The molecule has 0 radical (unpaired) electrons. The summed E-state index contributed by atoms with van der Waals surface area (Å²) in [6.07, 6.45) is -1.82. The molecule has 1 aliphatic rings. The number of hydrogen-bond donors (Lipinski definition) is 2. The SMILES string of the molecule is CCN(C[C@@H]1COC[C@@H](O)[C@H]1O)C(=O)c1cc(C)nc(N(C)C)n1. The smallest absolute Gasteiger partial charge is 0.272 e. The maximum Gasteiger partial charge on any atom is 0.272 e. The summed E-state index contributed by atoms with van der Waals surface area (Å²) in [4.78, 5) is 24.7. The second-order valence-electron chi connectivity index (χ2n) is 6.29. The highest BCUT2D eigenvalue weighted by molar-refractivity contribution is 5.92. The van der Waals surface area contributed by atoms with E-state index in [1.807, 2.05) is 27.9 Å². The Morgan fingerprint density at radius 3 is 2.67 bits per heavy atom. The van der Waals surface area contributed by atoms with Gasteiger partial charge < -0.3 is 24.7 Å². The van der Waals surface area contributed by atoms with Crippen LogP contribution in [-0.4, -0.2) is 83.6 Å². The van der Waals surface area contributed by atoms with Gasteiger partial charge in [-0.15, -0.1) is 0 Å². The zero-order valence-corrected chi connectivity index (χ0v) is 14.6. The van der Waals surface area contributed by atoms with Gasteiger partial charge in [-0.2, -0.15) is 0 Å². The summed E-state index contributed by atoms with van der Waals surface area (Å²) < 4.78 is 5.29. The van der Waals surface area contributed by atoms with Gasteiger partial charge in [0.15, 0.2) is 0 Å². The molecule has 1 fully saturated rings. The zero-order valence-electron chi connectivity index (χ0n) is 14.6. The van der Waals surface area contributed by atoms with E-state index in [1.165, 1.54) is 0 Å². The van der Waals surface area contributed by atoms with Crippen LogP contribution >= 0.6 is 0 Å². The number of carbonyl (C=O) groups is 1. The summed E-state index contributed by atoms with van der Waals surface area (Å²) >= 11 is 0. The van der Waals surface area contributed by atoms with Crippen molar-refractivity contribution < 1.29 is 19.7 Å². The highest BCUT2D eigenvalue weighted by Crippen LogP contribution is 2.18. The standard InChI is InChI=1S/C16H26N4O4/c1-5-20(7-11-8-24-9-13(21)14(11)22)15(23)12-6-10(2)17-16(18-12)19(3)4/h6,11,13-14,21-22H,5,7-9H2,1-4H3/t11-,13-,14+/m1/s1. The molecule has 0 unspecified atom stereocenters. The minimum Gasteiger partial charge on any atom is -0.390 e. The van der Waals surface area contributed by atoms with E-state index in [-0.39, 0.29) is 18.4 Å². The van der Waals surface area contributed by atoms with Crippen LogP contribution in [0.3, 0.4) is 0 Å². The first-order chi connectivity index (χ1) is 11.3. The first-order valence-electron chi connectivity index (χ1n) is 8.09. The van der Waals surface area contributed by atoms with Crippen LogP contribution in [0.15, 0.2) is 6.07 Å². The van der Waals surface area contributed by atoms with Crippen molar-refractivity contribution in [2.75, 3.05) is 45.3 Å². The van der Waals surface area contributed by atoms with Crippen molar-refractivity contribution in [3.8, 4) is 0 Å². The Kier molecular flexibility index (Phi) is 6.09. The predicted molar refractivity (Wildman–Crippen MR) is 89.0 cm³/mol. The van der Waals surface area contributed by atoms with Gasteiger partial charge in [0.1, 0.15) is 11.8 Å². The molecule has 0 bridgehead atoms. The Balaban J connectivity index is 2.17. The van der Waals surface area contributed by atoms with Crippen LogP contribution in [0.2, 0.25) is 0 Å². The molecular formula is C16H26N4O4. The normalized spacial score (nSPS) is 23.8. The van der Waals surface area contributed by atoms with E-state index < -0.39 is 12.2 Å². The topological polar surface area (TPSA) is 99.0 Å². The first kappa shape index (κ1) is 18.6. The van der Waals surface area contributed by atoms with Gasteiger partial charge in [0.05, 0.1) is 19.3 Å². The summed E-state index contributed by atoms with van der Waals surface area (Å²) in [5, 5.41) is 19.8. The number of aromatic nitrogens is 2. The molecule has 3 atom stereocenters. The molecule has 8 heteroatoms. The number of hydrogen-bond acceptors (Lipinski definition) is 7. The highest BCUT2D eigenvalue weighted by Gasteiger charge is 2.33. The Morgan fingerprint density at radius 2 is 2.04 bits per heavy atom. The van der Waals surface area contributed by atoms with Gasteiger partial charge in [-0.3, -0.25) is 4.79 Å². The fourth-order valence-electron chi connectivity index (χ4n) is 2.68. The van der Waals surface area contributed by atoms with E-state index >= 15 is 0 Å². The molecule has 8 nitrogen and oxygen atoms in total. The van der Waals surface area contributed by atoms with Crippen LogP contribution in [0.25, 0.3) is 0 Å². The Labute approximate surface area is 142 Å². The number of anilines is 1. The van der Waals surface area contributed by atoms with Crippen molar-refractivity contribution in [1.29, 1.82) is 0 Å². The van der Waals surface area contributed by atoms with Crippen LogP contribution in [-0.2, 0) is 4.74 Å². The minimum atomic E-state index is -0.917. The second-order valence-corrected chi connectivity index (χ2v) is 6.29. The number of aryl methyl sites for hydroxylation is 1. The molecule has 1 amide bonds. The van der Waals surface area contributed by atoms with Crippen molar-refractivity contribution in [3.05, 3.63) is 17.5 Å². The van der Waals surface area contributed by atoms with Crippen LogP contribution in [0, 0.1) is 12.8 Å². The molecule has 1 aliphatic heterocycles. The van der Waals surface area contributed by atoms with Crippen molar-refractivity contribution >= 4 is 11.9 Å². The molecule has 24 heavy (non-hydrogen) atoms. The van der Waals surface area contributed by atoms with Gasteiger partial charge in [0.25, 0.3) is 5.91 Å². The summed E-state index contributed by atoms with van der Waals surface area (Å²) in [5.74, 6) is -0.0712. The number of nitrogens with zero attached hydrogens (tertiary/aromatic N) is 4.